The molecule has 0 saturated carbocycles. The lowest BCUT2D eigenvalue weighted by molar-refractivity contribution is 0.184. The third-order valence-electron chi connectivity index (χ3n) is 3.57. The van der Waals surface area contributed by atoms with Crippen LogP contribution in [0.3, 0.4) is 0 Å². The van der Waals surface area contributed by atoms with Crippen molar-refractivity contribution in [1.29, 1.82) is 0 Å². The Kier molecular flexibility index (Phi) is 5.73. The van der Waals surface area contributed by atoms with Gasteiger partial charge in [-0.2, -0.15) is 0 Å². The van der Waals surface area contributed by atoms with Gasteiger partial charge in [0.05, 0.1) is 18.1 Å². The molecule has 0 saturated heterocycles. The highest BCUT2D eigenvalue weighted by atomic mass is 35.5. The summed E-state index contributed by atoms with van der Waals surface area (Å²) in [5, 5.41) is 0.830. The van der Waals surface area contributed by atoms with E-state index in [0.29, 0.717) is 34.5 Å². The van der Waals surface area contributed by atoms with Crippen molar-refractivity contribution in [3.63, 3.8) is 0 Å². The Balaban J connectivity index is 2.43. The third-order valence-corrected chi connectivity index (χ3v) is 5.74. The van der Waals surface area contributed by atoms with E-state index in [2.05, 4.69) is 4.98 Å². The fraction of sp³-hybridized carbons (Fsp3) is 0.400. The molecule has 2 rings (SSSR count). The fourth-order valence-electron chi connectivity index (χ4n) is 2.23. The van der Waals surface area contributed by atoms with Crippen molar-refractivity contribution < 1.29 is 13.2 Å². The Hall–Kier alpha value is -1.08. The summed E-state index contributed by atoms with van der Waals surface area (Å²) in [6.07, 6.45) is 0. The standard InChI is InChI=1S/C15H18Cl2N2O3S/c1-10-11(2)19(6-7-22-3)15(18-10)23(20,21)9-12-8-13(16)4-5-14(12)17/h4-5,8H,6-7,9H2,1-3H3. The molecule has 5 nitrogen and oxygen atoms in total. The molecule has 0 aliphatic carbocycles. The van der Waals surface area contributed by atoms with E-state index in [-0.39, 0.29) is 10.9 Å². The number of sulfone groups is 1. The van der Waals surface area contributed by atoms with Crippen molar-refractivity contribution in [2.75, 3.05) is 13.7 Å². The van der Waals surface area contributed by atoms with Crippen molar-refractivity contribution in [1.82, 2.24) is 9.55 Å². The first-order valence-corrected chi connectivity index (χ1v) is 9.36. The Labute approximate surface area is 146 Å². The summed E-state index contributed by atoms with van der Waals surface area (Å²) in [6.45, 7) is 4.44. The maximum atomic E-state index is 12.8. The molecule has 0 N–H and O–H groups in total. The van der Waals surface area contributed by atoms with Gasteiger partial charge < -0.3 is 9.30 Å². The van der Waals surface area contributed by atoms with Gasteiger partial charge in [-0.05, 0) is 37.6 Å². The molecule has 0 atom stereocenters. The number of ether oxygens (including phenoxy) is 1. The summed E-state index contributed by atoms with van der Waals surface area (Å²) in [4.78, 5) is 4.23. The molecule has 8 heteroatoms. The molecule has 2 aromatic rings. The molecule has 0 fully saturated rings. The number of aromatic nitrogens is 2. The van der Waals surface area contributed by atoms with Crippen LogP contribution >= 0.6 is 23.2 Å². The summed E-state index contributed by atoms with van der Waals surface area (Å²) >= 11 is 12.0. The zero-order valence-corrected chi connectivity index (χ0v) is 15.5. The van der Waals surface area contributed by atoms with Crippen LogP contribution in [0.5, 0.6) is 0 Å². The second-order valence-corrected chi connectivity index (χ2v) is 7.93. The lowest BCUT2D eigenvalue weighted by atomic mass is 10.2. The first kappa shape index (κ1) is 18.3. The number of benzene rings is 1. The summed E-state index contributed by atoms with van der Waals surface area (Å²) in [6, 6.07) is 4.76. The summed E-state index contributed by atoms with van der Waals surface area (Å²) in [5.74, 6) is -0.255. The van der Waals surface area contributed by atoms with E-state index in [1.807, 2.05) is 6.92 Å². The molecule has 0 aliphatic heterocycles. The van der Waals surface area contributed by atoms with Crippen molar-refractivity contribution in [2.45, 2.75) is 31.3 Å². The van der Waals surface area contributed by atoms with Crippen LogP contribution in [0.25, 0.3) is 0 Å². The summed E-state index contributed by atoms with van der Waals surface area (Å²) in [5.41, 5.74) is 1.94. The molecule has 0 amide bonds. The first-order chi connectivity index (χ1) is 10.8. The highest BCUT2D eigenvalue weighted by Gasteiger charge is 2.25. The molecule has 0 radical (unpaired) electrons. The molecule has 1 heterocycles. The van der Waals surface area contributed by atoms with Crippen LogP contribution in [-0.2, 0) is 26.9 Å². The number of methoxy groups -OCH3 is 1. The number of hydrogen-bond donors (Lipinski definition) is 0. The van der Waals surface area contributed by atoms with Gasteiger partial charge in [0, 0.05) is 29.4 Å². The van der Waals surface area contributed by atoms with E-state index in [1.165, 1.54) is 0 Å². The van der Waals surface area contributed by atoms with Gasteiger partial charge in [-0.25, -0.2) is 13.4 Å². The van der Waals surface area contributed by atoms with Gasteiger partial charge >= 0.3 is 0 Å². The maximum absolute atomic E-state index is 12.8. The van der Waals surface area contributed by atoms with Crippen molar-refractivity contribution >= 4 is 33.0 Å². The highest BCUT2D eigenvalue weighted by molar-refractivity contribution is 7.90. The number of nitrogens with zero attached hydrogens (tertiary/aromatic N) is 2. The minimum atomic E-state index is -3.66. The van der Waals surface area contributed by atoms with Gasteiger partial charge in [0.2, 0.25) is 15.0 Å². The molecule has 0 bridgehead atoms. The predicted molar refractivity (Wildman–Crippen MR) is 90.9 cm³/mol. The Morgan fingerprint density at radius 3 is 2.61 bits per heavy atom. The van der Waals surface area contributed by atoms with Crippen LogP contribution in [0.4, 0.5) is 0 Å². The van der Waals surface area contributed by atoms with E-state index in [1.54, 1.807) is 36.8 Å². The Morgan fingerprint density at radius 1 is 1.26 bits per heavy atom. The van der Waals surface area contributed by atoms with E-state index >= 15 is 0 Å². The number of halogens is 2. The van der Waals surface area contributed by atoms with Crippen LogP contribution in [0, 0.1) is 13.8 Å². The zero-order valence-electron chi connectivity index (χ0n) is 13.1. The Bertz CT molecular complexity index is 816. The van der Waals surface area contributed by atoms with E-state index < -0.39 is 9.84 Å². The number of aryl methyl sites for hydroxylation is 1. The molecular weight excluding hydrogens is 359 g/mol. The molecule has 126 valence electrons. The minimum Gasteiger partial charge on any atom is -0.383 e. The molecule has 0 spiro atoms. The lowest BCUT2D eigenvalue weighted by Gasteiger charge is -2.11. The second kappa shape index (κ2) is 7.21. The molecule has 1 aromatic carbocycles. The zero-order chi connectivity index (χ0) is 17.2. The average Bonchev–Trinajstić information content (AvgIpc) is 2.77. The molecule has 1 aromatic heterocycles. The SMILES string of the molecule is COCCn1c(S(=O)(=O)Cc2cc(Cl)ccc2Cl)nc(C)c1C. The summed E-state index contributed by atoms with van der Waals surface area (Å²) < 4.78 is 32.3. The maximum Gasteiger partial charge on any atom is 0.228 e. The summed E-state index contributed by atoms with van der Waals surface area (Å²) in [7, 11) is -2.09. The van der Waals surface area contributed by atoms with Gasteiger partial charge in [-0.15, -0.1) is 0 Å². The molecule has 23 heavy (non-hydrogen) atoms. The lowest BCUT2D eigenvalue weighted by Crippen LogP contribution is -2.16. The smallest absolute Gasteiger partial charge is 0.228 e. The second-order valence-electron chi connectivity index (χ2n) is 5.20. The molecular formula is C15H18Cl2N2O3S. The van der Waals surface area contributed by atoms with E-state index in [9.17, 15) is 8.42 Å². The quantitative estimate of drug-likeness (QED) is 0.774. The number of rotatable bonds is 6. The van der Waals surface area contributed by atoms with Crippen LogP contribution in [0.2, 0.25) is 10.0 Å². The molecule has 0 unspecified atom stereocenters. The normalized spacial score (nSPS) is 11.9. The highest BCUT2D eigenvalue weighted by Crippen LogP contribution is 2.26. The predicted octanol–water partition coefficient (Wildman–Crippen LogP) is 3.43. The van der Waals surface area contributed by atoms with Crippen LogP contribution < -0.4 is 0 Å². The Morgan fingerprint density at radius 2 is 1.96 bits per heavy atom. The minimum absolute atomic E-state index is 0.0283. The van der Waals surface area contributed by atoms with Crippen LogP contribution in [-0.4, -0.2) is 31.7 Å². The van der Waals surface area contributed by atoms with Gasteiger partial charge in [0.25, 0.3) is 0 Å². The van der Waals surface area contributed by atoms with Gasteiger partial charge in [0.1, 0.15) is 0 Å². The third kappa shape index (κ3) is 4.07. The van der Waals surface area contributed by atoms with Crippen molar-refractivity contribution in [3.05, 3.63) is 45.2 Å². The van der Waals surface area contributed by atoms with E-state index in [0.717, 1.165) is 5.69 Å². The van der Waals surface area contributed by atoms with Crippen molar-refractivity contribution in [3.8, 4) is 0 Å². The van der Waals surface area contributed by atoms with Gasteiger partial charge in [-0.3, -0.25) is 0 Å². The largest absolute Gasteiger partial charge is 0.383 e. The average molecular weight is 377 g/mol. The van der Waals surface area contributed by atoms with E-state index in [4.69, 9.17) is 27.9 Å². The van der Waals surface area contributed by atoms with Crippen LogP contribution in [0.1, 0.15) is 17.0 Å². The molecule has 0 aliphatic rings. The van der Waals surface area contributed by atoms with Crippen LogP contribution in [0.15, 0.2) is 23.4 Å². The number of hydrogen-bond acceptors (Lipinski definition) is 4. The fourth-order valence-corrected chi connectivity index (χ4v) is 4.31. The van der Waals surface area contributed by atoms with Gasteiger partial charge in [0.15, 0.2) is 0 Å². The number of imidazole rings is 1. The topological polar surface area (TPSA) is 61.2 Å². The van der Waals surface area contributed by atoms with Gasteiger partial charge in [-0.1, -0.05) is 23.2 Å². The van der Waals surface area contributed by atoms with Crippen molar-refractivity contribution in [2.24, 2.45) is 0 Å². The first-order valence-electron chi connectivity index (χ1n) is 6.95. The monoisotopic (exact) mass is 376 g/mol.